The molecular formula is C17H20N4. The number of hydrogen-bond acceptors (Lipinski definition) is 4. The average Bonchev–Trinajstić information content (AvgIpc) is 2.38. The number of nitrogens with two attached hydrogens (primary N) is 2. The van der Waals surface area contributed by atoms with Gasteiger partial charge >= 0.3 is 0 Å². The Kier molecular flexibility index (Phi) is 4.61. The monoisotopic (exact) mass is 280 g/mol. The Balaban J connectivity index is 2.11. The van der Waals surface area contributed by atoms with Gasteiger partial charge in [0.05, 0.1) is 5.69 Å². The quantitative estimate of drug-likeness (QED) is 0.586. The molecule has 2 rings (SSSR count). The molecule has 0 saturated carbocycles. The zero-order chi connectivity index (χ0) is 15.2. The number of nitrogen functional groups attached to an aromatic ring is 2. The second-order valence-electron chi connectivity index (χ2n) is 4.93. The normalized spacial score (nSPS) is 12.3. The van der Waals surface area contributed by atoms with Gasteiger partial charge in [0.15, 0.2) is 0 Å². The summed E-state index contributed by atoms with van der Waals surface area (Å²) in [7, 11) is 0. The summed E-state index contributed by atoms with van der Waals surface area (Å²) < 4.78 is 0. The van der Waals surface area contributed by atoms with Crippen molar-refractivity contribution in [3.8, 4) is 0 Å². The van der Waals surface area contributed by atoms with Crippen molar-refractivity contribution in [2.45, 2.75) is 13.8 Å². The molecule has 0 amide bonds. The lowest BCUT2D eigenvalue weighted by atomic mass is 10.2. The first-order valence-corrected chi connectivity index (χ1v) is 6.74. The topological polar surface area (TPSA) is 76.4 Å². The van der Waals surface area contributed by atoms with E-state index in [-0.39, 0.29) is 0 Å². The predicted molar refractivity (Wildman–Crippen MR) is 91.9 cm³/mol. The van der Waals surface area contributed by atoms with E-state index < -0.39 is 0 Å². The highest BCUT2D eigenvalue weighted by Gasteiger charge is 1.96. The maximum absolute atomic E-state index is 5.76. The Hall–Kier alpha value is -2.75. The number of hydrogen-bond donors (Lipinski definition) is 3. The van der Waals surface area contributed by atoms with Crippen molar-refractivity contribution in [1.29, 1.82) is 0 Å². The van der Waals surface area contributed by atoms with Crippen LogP contribution in [0.5, 0.6) is 0 Å². The largest absolute Gasteiger partial charge is 0.399 e. The fraction of sp³-hybridized carbons (Fsp3) is 0.118. The van der Waals surface area contributed by atoms with Gasteiger partial charge in [-0.05, 0) is 56.3 Å². The number of allylic oxidation sites excluding steroid dienone is 2. The van der Waals surface area contributed by atoms with Gasteiger partial charge in [-0.25, -0.2) is 0 Å². The van der Waals surface area contributed by atoms with Gasteiger partial charge < -0.3 is 16.8 Å². The van der Waals surface area contributed by atoms with Crippen LogP contribution in [0.4, 0.5) is 22.7 Å². The van der Waals surface area contributed by atoms with E-state index in [0.717, 1.165) is 28.5 Å². The Morgan fingerprint density at radius 1 is 1.00 bits per heavy atom. The van der Waals surface area contributed by atoms with Crippen molar-refractivity contribution in [1.82, 2.24) is 0 Å². The van der Waals surface area contributed by atoms with Crippen molar-refractivity contribution in [3.05, 3.63) is 60.3 Å². The van der Waals surface area contributed by atoms with Gasteiger partial charge in [-0.1, -0.05) is 12.1 Å². The standard InChI is InChI=1S/C17H20N4/c1-12(20-16-7-3-5-14(18)10-16)9-13(2)21-17-8-4-6-15(19)11-17/h3-11,20H,18-19H2,1-2H3/b12-9-,21-13?. The van der Waals surface area contributed by atoms with Crippen molar-refractivity contribution in [2.75, 3.05) is 16.8 Å². The summed E-state index contributed by atoms with van der Waals surface area (Å²) in [6.45, 7) is 3.94. The van der Waals surface area contributed by atoms with Gasteiger partial charge in [0.2, 0.25) is 0 Å². The van der Waals surface area contributed by atoms with Crippen LogP contribution in [0.15, 0.2) is 65.3 Å². The Morgan fingerprint density at radius 3 is 2.33 bits per heavy atom. The molecular weight excluding hydrogens is 260 g/mol. The molecule has 2 aromatic rings. The van der Waals surface area contributed by atoms with Crippen LogP contribution in [0.25, 0.3) is 0 Å². The molecule has 0 aliphatic rings. The molecule has 0 radical (unpaired) electrons. The van der Waals surface area contributed by atoms with Crippen molar-refractivity contribution >= 4 is 28.5 Å². The number of benzene rings is 2. The smallest absolute Gasteiger partial charge is 0.0653 e. The molecule has 21 heavy (non-hydrogen) atoms. The molecule has 0 aliphatic heterocycles. The molecule has 0 aliphatic carbocycles. The summed E-state index contributed by atoms with van der Waals surface area (Å²) in [5, 5.41) is 3.29. The van der Waals surface area contributed by atoms with E-state index in [4.69, 9.17) is 11.5 Å². The summed E-state index contributed by atoms with van der Waals surface area (Å²) >= 11 is 0. The molecule has 0 saturated heterocycles. The third kappa shape index (κ3) is 4.69. The van der Waals surface area contributed by atoms with E-state index in [9.17, 15) is 0 Å². The molecule has 0 atom stereocenters. The summed E-state index contributed by atoms with van der Waals surface area (Å²) in [6, 6.07) is 15.1. The summed E-state index contributed by atoms with van der Waals surface area (Å²) in [6.07, 6.45) is 1.98. The van der Waals surface area contributed by atoms with E-state index in [0.29, 0.717) is 5.69 Å². The lowest BCUT2D eigenvalue weighted by Crippen LogP contribution is -1.99. The number of rotatable bonds is 4. The Labute approximate surface area is 125 Å². The first kappa shape index (κ1) is 14.7. The Morgan fingerprint density at radius 2 is 1.67 bits per heavy atom. The molecule has 4 nitrogen and oxygen atoms in total. The number of nitrogens with one attached hydrogen (secondary N) is 1. The van der Waals surface area contributed by atoms with Gasteiger partial charge in [-0.2, -0.15) is 0 Å². The second kappa shape index (κ2) is 6.61. The van der Waals surface area contributed by atoms with Crippen LogP contribution in [0.2, 0.25) is 0 Å². The van der Waals surface area contributed by atoms with Crippen molar-refractivity contribution in [3.63, 3.8) is 0 Å². The minimum absolute atomic E-state index is 0.711. The minimum Gasteiger partial charge on any atom is -0.399 e. The number of nitrogens with zero attached hydrogens (tertiary/aromatic N) is 1. The maximum atomic E-state index is 5.76. The third-order valence-corrected chi connectivity index (χ3v) is 2.83. The van der Waals surface area contributed by atoms with Gasteiger partial charge in [0, 0.05) is 28.5 Å². The third-order valence-electron chi connectivity index (χ3n) is 2.83. The van der Waals surface area contributed by atoms with E-state index >= 15 is 0 Å². The highest BCUT2D eigenvalue weighted by molar-refractivity contribution is 5.95. The maximum Gasteiger partial charge on any atom is 0.0653 e. The highest BCUT2D eigenvalue weighted by Crippen LogP contribution is 2.17. The lowest BCUT2D eigenvalue weighted by Gasteiger charge is -2.07. The minimum atomic E-state index is 0.711. The van der Waals surface area contributed by atoms with Crippen molar-refractivity contribution < 1.29 is 0 Å². The Bertz CT molecular complexity index is 687. The van der Waals surface area contributed by atoms with Crippen LogP contribution >= 0.6 is 0 Å². The van der Waals surface area contributed by atoms with Crippen molar-refractivity contribution in [2.24, 2.45) is 4.99 Å². The number of anilines is 3. The SMILES string of the molecule is CC(/C=C(/C)Nc1cccc(N)c1)=Nc1cccc(N)c1. The van der Waals surface area contributed by atoms with Crippen LogP contribution in [0.1, 0.15) is 13.8 Å². The molecule has 0 spiro atoms. The summed E-state index contributed by atoms with van der Waals surface area (Å²) in [4.78, 5) is 4.51. The fourth-order valence-electron chi connectivity index (χ4n) is 2.02. The zero-order valence-corrected chi connectivity index (χ0v) is 12.3. The average molecular weight is 280 g/mol. The van der Waals surface area contributed by atoms with Crippen LogP contribution in [-0.4, -0.2) is 5.71 Å². The van der Waals surface area contributed by atoms with Gasteiger partial charge in [0.25, 0.3) is 0 Å². The summed E-state index contributed by atoms with van der Waals surface area (Å²) in [5.41, 5.74) is 16.6. The van der Waals surface area contributed by atoms with E-state index in [1.807, 2.05) is 68.5 Å². The van der Waals surface area contributed by atoms with E-state index in [1.165, 1.54) is 0 Å². The van der Waals surface area contributed by atoms with Gasteiger partial charge in [0.1, 0.15) is 0 Å². The highest BCUT2D eigenvalue weighted by atomic mass is 14.9. The molecule has 0 aromatic heterocycles. The number of aliphatic imine (C=N–C) groups is 1. The first-order valence-electron chi connectivity index (χ1n) is 6.74. The molecule has 5 N–H and O–H groups in total. The second-order valence-corrected chi connectivity index (χ2v) is 4.93. The van der Waals surface area contributed by atoms with Crippen LogP contribution in [0.3, 0.4) is 0 Å². The zero-order valence-electron chi connectivity index (χ0n) is 12.3. The van der Waals surface area contributed by atoms with Crippen LogP contribution in [-0.2, 0) is 0 Å². The van der Waals surface area contributed by atoms with Crippen LogP contribution < -0.4 is 16.8 Å². The molecule has 0 fully saturated rings. The molecule has 4 heteroatoms. The summed E-state index contributed by atoms with van der Waals surface area (Å²) in [5.74, 6) is 0. The molecule has 108 valence electrons. The van der Waals surface area contributed by atoms with E-state index in [1.54, 1.807) is 0 Å². The predicted octanol–water partition coefficient (Wildman–Crippen LogP) is 3.96. The first-order chi connectivity index (χ1) is 10.0. The lowest BCUT2D eigenvalue weighted by molar-refractivity contribution is 1.37. The van der Waals surface area contributed by atoms with E-state index in [2.05, 4.69) is 10.3 Å². The van der Waals surface area contributed by atoms with Gasteiger partial charge in [-0.15, -0.1) is 0 Å². The van der Waals surface area contributed by atoms with Gasteiger partial charge in [-0.3, -0.25) is 4.99 Å². The fourth-order valence-corrected chi connectivity index (χ4v) is 2.02. The molecule has 0 heterocycles. The molecule has 0 bridgehead atoms. The molecule has 2 aromatic carbocycles. The molecule has 0 unspecified atom stereocenters. The van der Waals surface area contributed by atoms with Crippen LogP contribution in [0, 0.1) is 0 Å².